The van der Waals surface area contributed by atoms with Crippen LogP contribution in [0.4, 0.5) is 10.5 Å². The molecule has 33 heavy (non-hydrogen) atoms. The highest BCUT2D eigenvalue weighted by atomic mass is 16.2. The van der Waals surface area contributed by atoms with Gasteiger partial charge in [-0.3, -0.25) is 19.7 Å². The first-order valence-electron chi connectivity index (χ1n) is 10.8. The Labute approximate surface area is 189 Å². The van der Waals surface area contributed by atoms with E-state index in [9.17, 15) is 19.2 Å². The van der Waals surface area contributed by atoms with Crippen LogP contribution in [-0.2, 0) is 22.7 Å². The lowest BCUT2D eigenvalue weighted by atomic mass is 10.0. The minimum Gasteiger partial charge on any atom is -0.334 e. The number of rotatable bonds is 4. The van der Waals surface area contributed by atoms with Crippen molar-refractivity contribution in [3.8, 4) is 0 Å². The molecule has 0 aliphatic carbocycles. The highest BCUT2D eigenvalue weighted by molar-refractivity contribution is 6.05. The number of piperidine rings is 1. The van der Waals surface area contributed by atoms with Gasteiger partial charge >= 0.3 is 6.03 Å². The molecule has 0 radical (unpaired) electrons. The molecule has 0 saturated carbocycles. The van der Waals surface area contributed by atoms with E-state index in [0.29, 0.717) is 17.7 Å². The number of hydrogen-bond acceptors (Lipinski definition) is 4. The van der Waals surface area contributed by atoms with Crippen molar-refractivity contribution < 1.29 is 19.2 Å². The second-order valence-corrected chi connectivity index (χ2v) is 8.18. The molecule has 2 aliphatic heterocycles. The summed E-state index contributed by atoms with van der Waals surface area (Å²) >= 11 is 0. The Morgan fingerprint density at radius 1 is 1.00 bits per heavy atom. The van der Waals surface area contributed by atoms with Crippen LogP contribution in [0, 0.1) is 0 Å². The number of nitrogens with zero attached hydrogens (tertiary/aromatic N) is 1. The predicted molar refractivity (Wildman–Crippen MR) is 122 cm³/mol. The van der Waals surface area contributed by atoms with Gasteiger partial charge in [-0.2, -0.15) is 0 Å². The van der Waals surface area contributed by atoms with Crippen molar-refractivity contribution >= 4 is 40.2 Å². The average Bonchev–Trinajstić information content (AvgIpc) is 3.15. The fourth-order valence-corrected chi connectivity index (χ4v) is 4.49. The number of carbonyl (C=O) groups is 4. The molecular weight excluding hydrogens is 420 g/mol. The monoisotopic (exact) mass is 442 g/mol. The van der Waals surface area contributed by atoms with Crippen molar-refractivity contribution in [2.45, 2.75) is 32.0 Å². The van der Waals surface area contributed by atoms with Gasteiger partial charge in [0, 0.05) is 30.5 Å². The molecule has 166 valence electrons. The van der Waals surface area contributed by atoms with Crippen molar-refractivity contribution in [2.24, 2.45) is 0 Å². The smallest absolute Gasteiger partial charge is 0.319 e. The molecule has 5 rings (SSSR count). The van der Waals surface area contributed by atoms with E-state index in [2.05, 4.69) is 16.0 Å². The van der Waals surface area contributed by atoms with Crippen molar-refractivity contribution in [1.29, 1.82) is 0 Å². The van der Waals surface area contributed by atoms with Crippen molar-refractivity contribution in [3.05, 3.63) is 77.4 Å². The van der Waals surface area contributed by atoms with Crippen molar-refractivity contribution in [1.82, 2.24) is 15.5 Å². The summed E-state index contributed by atoms with van der Waals surface area (Å²) in [7, 11) is 0. The molecule has 5 amide bonds. The van der Waals surface area contributed by atoms with Gasteiger partial charge in [0.1, 0.15) is 6.04 Å². The van der Waals surface area contributed by atoms with Crippen LogP contribution in [0.2, 0.25) is 0 Å². The Bertz CT molecular complexity index is 1300. The third kappa shape index (κ3) is 3.91. The van der Waals surface area contributed by atoms with E-state index >= 15 is 0 Å². The van der Waals surface area contributed by atoms with E-state index in [1.165, 1.54) is 4.90 Å². The van der Waals surface area contributed by atoms with Crippen LogP contribution in [-0.4, -0.2) is 34.7 Å². The zero-order valence-electron chi connectivity index (χ0n) is 17.8. The third-order valence-corrected chi connectivity index (χ3v) is 6.16. The van der Waals surface area contributed by atoms with Crippen LogP contribution in [0.1, 0.15) is 34.3 Å². The first-order chi connectivity index (χ1) is 16.0. The Hall–Kier alpha value is -4.20. The van der Waals surface area contributed by atoms with Gasteiger partial charge in [-0.25, -0.2) is 4.79 Å². The van der Waals surface area contributed by atoms with Crippen LogP contribution in [0.15, 0.2) is 60.7 Å². The van der Waals surface area contributed by atoms with E-state index in [1.807, 2.05) is 48.5 Å². The summed E-state index contributed by atoms with van der Waals surface area (Å²) in [5.41, 5.74) is 2.83. The number of benzene rings is 3. The lowest BCUT2D eigenvalue weighted by Gasteiger charge is -2.29. The van der Waals surface area contributed by atoms with Crippen LogP contribution < -0.4 is 16.0 Å². The molecule has 8 heteroatoms. The SMILES string of the molecule is O=C1CCC(N2Cc3c(CNC(=O)Nc4cccc5ccccc45)cccc3C2=O)C(=O)N1. The number of urea groups is 1. The van der Waals surface area contributed by atoms with Crippen LogP contribution in [0.3, 0.4) is 0 Å². The van der Waals surface area contributed by atoms with Crippen molar-refractivity contribution in [3.63, 3.8) is 0 Å². The summed E-state index contributed by atoms with van der Waals surface area (Å²) in [5.74, 6) is -0.995. The highest BCUT2D eigenvalue weighted by Gasteiger charge is 2.39. The molecule has 0 spiro atoms. The minimum absolute atomic E-state index is 0.208. The molecule has 0 bridgehead atoms. The molecular formula is C25H22N4O4. The number of carbonyl (C=O) groups excluding carboxylic acids is 4. The molecule has 0 aromatic heterocycles. The van der Waals surface area contributed by atoms with Gasteiger partial charge in [-0.15, -0.1) is 0 Å². The normalized spacial score (nSPS) is 17.6. The number of hydrogen-bond donors (Lipinski definition) is 3. The highest BCUT2D eigenvalue weighted by Crippen LogP contribution is 2.30. The lowest BCUT2D eigenvalue weighted by molar-refractivity contribution is -0.136. The van der Waals surface area contributed by atoms with Gasteiger partial charge in [0.05, 0.1) is 5.69 Å². The molecule has 2 aliphatic rings. The summed E-state index contributed by atoms with van der Waals surface area (Å²) in [6.45, 7) is 0.499. The maximum atomic E-state index is 12.9. The van der Waals surface area contributed by atoms with Gasteiger partial charge < -0.3 is 15.5 Å². The Morgan fingerprint density at radius 3 is 2.64 bits per heavy atom. The zero-order valence-corrected chi connectivity index (χ0v) is 17.8. The maximum absolute atomic E-state index is 12.9. The number of fused-ring (bicyclic) bond motifs is 2. The molecule has 1 saturated heterocycles. The van der Waals surface area contributed by atoms with Crippen LogP contribution in [0.25, 0.3) is 10.8 Å². The van der Waals surface area contributed by atoms with Crippen LogP contribution >= 0.6 is 0 Å². The minimum atomic E-state index is -0.668. The summed E-state index contributed by atoms with van der Waals surface area (Å²) < 4.78 is 0. The fourth-order valence-electron chi connectivity index (χ4n) is 4.49. The van der Waals surface area contributed by atoms with Crippen LogP contribution in [0.5, 0.6) is 0 Å². The second kappa shape index (κ2) is 8.38. The average molecular weight is 442 g/mol. The lowest BCUT2D eigenvalue weighted by Crippen LogP contribution is -2.52. The standard InChI is InChI=1S/C25H22N4O4/c30-22-12-11-21(23(31)28-22)29-14-19-16(7-3-9-18(19)24(29)32)13-26-25(33)27-20-10-4-6-15-5-1-2-8-17(15)20/h1-10,21H,11-14H2,(H2,26,27,33)(H,28,30,31). The van der Waals surface area contributed by atoms with E-state index in [1.54, 1.807) is 12.1 Å². The van der Waals surface area contributed by atoms with E-state index in [4.69, 9.17) is 0 Å². The molecule has 1 unspecified atom stereocenters. The van der Waals surface area contributed by atoms with Gasteiger partial charge in [0.15, 0.2) is 0 Å². The van der Waals surface area contributed by atoms with E-state index < -0.39 is 11.9 Å². The third-order valence-electron chi connectivity index (χ3n) is 6.16. The Kier molecular flexibility index (Phi) is 5.26. The number of amides is 5. The number of anilines is 1. The van der Waals surface area contributed by atoms with Gasteiger partial charge in [0.25, 0.3) is 5.91 Å². The molecule has 2 heterocycles. The van der Waals surface area contributed by atoms with E-state index in [-0.39, 0.29) is 37.4 Å². The van der Waals surface area contributed by atoms with Crippen molar-refractivity contribution in [2.75, 3.05) is 5.32 Å². The molecule has 3 aromatic rings. The summed E-state index contributed by atoms with van der Waals surface area (Å²) in [5, 5.41) is 10.0. The zero-order chi connectivity index (χ0) is 22.9. The number of nitrogens with one attached hydrogen (secondary N) is 3. The first kappa shape index (κ1) is 20.7. The molecule has 1 fully saturated rings. The molecule has 3 aromatic carbocycles. The molecule has 3 N–H and O–H groups in total. The maximum Gasteiger partial charge on any atom is 0.319 e. The molecule has 8 nitrogen and oxygen atoms in total. The van der Waals surface area contributed by atoms with Gasteiger partial charge in [0.2, 0.25) is 11.8 Å². The molecule has 1 atom stereocenters. The van der Waals surface area contributed by atoms with E-state index in [0.717, 1.165) is 21.9 Å². The summed E-state index contributed by atoms with van der Waals surface area (Å²) in [6.07, 6.45) is 0.519. The second-order valence-electron chi connectivity index (χ2n) is 8.18. The van der Waals surface area contributed by atoms with Gasteiger partial charge in [-0.05, 0) is 35.1 Å². The fraction of sp³-hybridized carbons (Fsp3) is 0.200. The summed E-state index contributed by atoms with van der Waals surface area (Å²) in [6, 6.07) is 17.8. The quantitative estimate of drug-likeness (QED) is 0.540. The van der Waals surface area contributed by atoms with Gasteiger partial charge in [-0.1, -0.05) is 48.5 Å². The number of imide groups is 1. The summed E-state index contributed by atoms with van der Waals surface area (Å²) in [4.78, 5) is 50.8. The Balaban J connectivity index is 1.29. The predicted octanol–water partition coefficient (Wildman–Crippen LogP) is 2.92. The largest absolute Gasteiger partial charge is 0.334 e. The topological polar surface area (TPSA) is 108 Å². The Morgan fingerprint density at radius 2 is 1.79 bits per heavy atom. The first-order valence-corrected chi connectivity index (χ1v) is 10.8.